The van der Waals surface area contributed by atoms with Crippen LogP contribution in [0.2, 0.25) is 0 Å². The van der Waals surface area contributed by atoms with Crippen molar-refractivity contribution in [2.45, 2.75) is 64.8 Å². The number of aryl methyl sites for hydroxylation is 2. The zero-order valence-electron chi connectivity index (χ0n) is 13.6. The number of hydrogen-bond donors (Lipinski definition) is 1. The van der Waals surface area contributed by atoms with Crippen molar-refractivity contribution in [2.24, 2.45) is 11.8 Å². The lowest BCUT2D eigenvalue weighted by atomic mass is 9.78. The average Bonchev–Trinajstić information content (AvgIpc) is 2.90. The molecular formula is C18H25N3S. The van der Waals surface area contributed by atoms with E-state index < -0.39 is 0 Å². The molecule has 0 spiro atoms. The van der Waals surface area contributed by atoms with Crippen LogP contribution in [-0.2, 0) is 12.8 Å². The fraction of sp³-hybridized carbons (Fsp3) is 0.667. The molecule has 3 unspecified atom stereocenters. The summed E-state index contributed by atoms with van der Waals surface area (Å²) in [5, 5.41) is 9.98. The number of hydrogen-bond acceptors (Lipinski definition) is 3. The van der Waals surface area contributed by atoms with Gasteiger partial charge in [-0.1, -0.05) is 26.7 Å². The van der Waals surface area contributed by atoms with Gasteiger partial charge in [0.15, 0.2) is 0 Å². The second kappa shape index (κ2) is 5.48. The van der Waals surface area contributed by atoms with Gasteiger partial charge in [0.05, 0.1) is 11.7 Å². The first kappa shape index (κ1) is 14.4. The van der Waals surface area contributed by atoms with Gasteiger partial charge in [-0.3, -0.25) is 5.41 Å². The maximum Gasteiger partial charge on any atom is 0.136 e. The zero-order valence-corrected chi connectivity index (χ0v) is 14.4. The third kappa shape index (κ3) is 2.15. The number of fused-ring (bicyclic) bond motifs is 3. The molecule has 0 aromatic carbocycles. The van der Waals surface area contributed by atoms with Crippen molar-refractivity contribution in [3.8, 4) is 0 Å². The summed E-state index contributed by atoms with van der Waals surface area (Å²) >= 11 is 1.83. The molecule has 0 bridgehead atoms. The Hall–Kier alpha value is -1.16. The van der Waals surface area contributed by atoms with E-state index in [-0.39, 0.29) is 0 Å². The summed E-state index contributed by atoms with van der Waals surface area (Å²) in [5.41, 5.74) is 2.16. The van der Waals surface area contributed by atoms with Crippen molar-refractivity contribution in [2.75, 3.05) is 0 Å². The highest BCUT2D eigenvalue weighted by Crippen LogP contribution is 2.38. The molecule has 4 rings (SSSR count). The highest BCUT2D eigenvalue weighted by Gasteiger charge is 2.29. The lowest BCUT2D eigenvalue weighted by molar-refractivity contribution is 0.181. The first-order valence-electron chi connectivity index (χ1n) is 8.73. The summed E-state index contributed by atoms with van der Waals surface area (Å²) in [7, 11) is 0. The van der Waals surface area contributed by atoms with Gasteiger partial charge in [-0.15, -0.1) is 11.3 Å². The van der Waals surface area contributed by atoms with Gasteiger partial charge >= 0.3 is 0 Å². The second-order valence-corrected chi connectivity index (χ2v) is 8.31. The van der Waals surface area contributed by atoms with E-state index in [0.717, 1.165) is 28.0 Å². The lowest BCUT2D eigenvalue weighted by Gasteiger charge is -2.35. The molecule has 0 radical (unpaired) electrons. The van der Waals surface area contributed by atoms with Crippen molar-refractivity contribution >= 4 is 21.6 Å². The van der Waals surface area contributed by atoms with Crippen LogP contribution in [0, 0.1) is 17.2 Å². The number of thiophene rings is 1. The highest BCUT2D eigenvalue weighted by atomic mass is 32.1. The normalized spacial score (nSPS) is 28.7. The Morgan fingerprint density at radius 1 is 1.18 bits per heavy atom. The Balaban J connectivity index is 1.85. The van der Waals surface area contributed by atoms with Crippen LogP contribution in [0.25, 0.3) is 10.2 Å². The number of nitrogens with zero attached hydrogens (tertiary/aromatic N) is 2. The second-order valence-electron chi connectivity index (χ2n) is 7.23. The van der Waals surface area contributed by atoms with Gasteiger partial charge in [-0.25, -0.2) is 4.98 Å². The molecule has 3 atom stereocenters. The minimum absolute atomic E-state index is 0.451. The SMILES string of the molecule is CC1CCCC(n2cnc3sc4c(c3c2=N)CCCC4)C1C. The van der Waals surface area contributed by atoms with Crippen LogP contribution in [0.1, 0.15) is 62.4 Å². The molecule has 118 valence electrons. The van der Waals surface area contributed by atoms with Crippen LogP contribution in [0.15, 0.2) is 6.33 Å². The van der Waals surface area contributed by atoms with Gasteiger partial charge in [-0.05, 0) is 49.5 Å². The molecule has 1 fully saturated rings. The summed E-state index contributed by atoms with van der Waals surface area (Å²) in [6.45, 7) is 4.72. The molecule has 0 aliphatic heterocycles. The predicted molar refractivity (Wildman–Crippen MR) is 91.3 cm³/mol. The van der Waals surface area contributed by atoms with Crippen molar-refractivity contribution in [1.82, 2.24) is 9.55 Å². The molecule has 0 saturated heterocycles. The summed E-state index contributed by atoms with van der Waals surface area (Å²) in [4.78, 5) is 7.32. The van der Waals surface area contributed by atoms with Gasteiger partial charge in [0.1, 0.15) is 10.3 Å². The van der Waals surface area contributed by atoms with Crippen molar-refractivity contribution in [3.63, 3.8) is 0 Å². The third-order valence-electron chi connectivity index (χ3n) is 5.97. The van der Waals surface area contributed by atoms with Crippen LogP contribution in [0.4, 0.5) is 0 Å². The van der Waals surface area contributed by atoms with E-state index >= 15 is 0 Å². The Bertz CT molecular complexity index is 758. The van der Waals surface area contributed by atoms with E-state index in [1.54, 1.807) is 0 Å². The molecule has 2 aromatic rings. The van der Waals surface area contributed by atoms with E-state index in [1.165, 1.54) is 49.0 Å². The van der Waals surface area contributed by atoms with Gasteiger partial charge < -0.3 is 4.57 Å². The molecule has 4 heteroatoms. The monoisotopic (exact) mass is 315 g/mol. The molecule has 2 heterocycles. The van der Waals surface area contributed by atoms with Gasteiger partial charge in [0.25, 0.3) is 0 Å². The van der Waals surface area contributed by atoms with Crippen LogP contribution < -0.4 is 5.49 Å². The summed E-state index contributed by atoms with van der Waals surface area (Å²) in [6.07, 6.45) is 10.6. The Morgan fingerprint density at radius 3 is 2.86 bits per heavy atom. The summed E-state index contributed by atoms with van der Waals surface area (Å²) < 4.78 is 2.18. The number of rotatable bonds is 1. The molecule has 0 amide bonds. The van der Waals surface area contributed by atoms with Crippen molar-refractivity contribution in [1.29, 1.82) is 5.41 Å². The zero-order chi connectivity index (χ0) is 15.3. The van der Waals surface area contributed by atoms with Gasteiger partial charge in [-0.2, -0.15) is 0 Å². The van der Waals surface area contributed by atoms with Gasteiger partial charge in [0.2, 0.25) is 0 Å². The first-order chi connectivity index (χ1) is 10.7. The Labute approximate surface area is 135 Å². The quantitative estimate of drug-likeness (QED) is 0.829. The molecule has 2 aromatic heterocycles. The van der Waals surface area contributed by atoms with Crippen LogP contribution in [-0.4, -0.2) is 9.55 Å². The lowest BCUT2D eigenvalue weighted by Crippen LogP contribution is -2.34. The minimum atomic E-state index is 0.451. The van der Waals surface area contributed by atoms with E-state index in [2.05, 4.69) is 18.4 Å². The van der Waals surface area contributed by atoms with Gasteiger partial charge in [0, 0.05) is 10.9 Å². The Morgan fingerprint density at radius 2 is 2.00 bits per heavy atom. The maximum absolute atomic E-state index is 8.82. The molecule has 2 aliphatic rings. The fourth-order valence-corrected chi connectivity index (χ4v) is 5.61. The number of aromatic nitrogens is 2. The van der Waals surface area contributed by atoms with Crippen LogP contribution in [0.3, 0.4) is 0 Å². The topological polar surface area (TPSA) is 41.7 Å². The summed E-state index contributed by atoms with van der Waals surface area (Å²) in [5.74, 6) is 1.38. The minimum Gasteiger partial charge on any atom is -0.314 e. The van der Waals surface area contributed by atoms with E-state index in [1.807, 2.05) is 17.7 Å². The van der Waals surface area contributed by atoms with Crippen LogP contribution >= 0.6 is 11.3 Å². The van der Waals surface area contributed by atoms with Crippen LogP contribution in [0.5, 0.6) is 0 Å². The van der Waals surface area contributed by atoms with E-state index in [0.29, 0.717) is 12.0 Å². The molecule has 22 heavy (non-hydrogen) atoms. The Kier molecular flexibility index (Phi) is 3.60. The van der Waals surface area contributed by atoms with Crippen molar-refractivity contribution in [3.05, 3.63) is 22.3 Å². The predicted octanol–water partition coefficient (Wildman–Crippen LogP) is 4.45. The smallest absolute Gasteiger partial charge is 0.136 e. The molecule has 3 nitrogen and oxygen atoms in total. The molecule has 1 N–H and O–H groups in total. The standard InChI is InChI=1S/C18H25N3S/c1-11-6-5-8-14(12(11)2)21-10-20-18-16(17(21)19)13-7-3-4-9-15(13)22-18/h10-12,14,19H,3-9H2,1-2H3. The molecule has 1 saturated carbocycles. The molecule has 2 aliphatic carbocycles. The fourth-order valence-electron chi connectivity index (χ4n) is 4.39. The first-order valence-corrected chi connectivity index (χ1v) is 9.54. The highest BCUT2D eigenvalue weighted by molar-refractivity contribution is 7.18. The maximum atomic E-state index is 8.82. The molecular weight excluding hydrogens is 290 g/mol. The largest absolute Gasteiger partial charge is 0.314 e. The van der Waals surface area contributed by atoms with Crippen molar-refractivity contribution < 1.29 is 0 Å². The summed E-state index contributed by atoms with van der Waals surface area (Å²) in [6, 6.07) is 0.451. The number of nitrogens with one attached hydrogen (secondary N) is 1. The third-order valence-corrected chi connectivity index (χ3v) is 7.17. The average molecular weight is 315 g/mol. The van der Waals surface area contributed by atoms with E-state index in [4.69, 9.17) is 10.4 Å². The van der Waals surface area contributed by atoms with E-state index in [9.17, 15) is 0 Å².